The van der Waals surface area contributed by atoms with Crippen molar-refractivity contribution >= 4 is 39.2 Å². The second-order valence-corrected chi connectivity index (χ2v) is 9.03. The smallest absolute Gasteiger partial charge is 0.233 e. The predicted octanol–water partition coefficient (Wildman–Crippen LogP) is 4.54. The summed E-state index contributed by atoms with van der Waals surface area (Å²) < 4.78 is 0. The molecule has 0 saturated heterocycles. The van der Waals surface area contributed by atoms with Gasteiger partial charge >= 0.3 is 0 Å². The maximum atomic E-state index is 12.7. The van der Waals surface area contributed by atoms with Crippen LogP contribution in [0.5, 0.6) is 0 Å². The molecule has 2 aromatic heterocycles. The van der Waals surface area contributed by atoms with Gasteiger partial charge in [-0.1, -0.05) is 42.1 Å². The van der Waals surface area contributed by atoms with Gasteiger partial charge < -0.3 is 5.32 Å². The van der Waals surface area contributed by atoms with Crippen LogP contribution in [0.15, 0.2) is 41.7 Å². The van der Waals surface area contributed by atoms with Crippen molar-refractivity contribution < 1.29 is 4.79 Å². The largest absolute Gasteiger partial charge is 0.349 e. The molecule has 26 heavy (non-hydrogen) atoms. The number of amides is 1. The molecule has 0 radical (unpaired) electrons. The lowest BCUT2D eigenvalue weighted by atomic mass is 10.1. The first-order chi connectivity index (χ1) is 12.6. The third kappa shape index (κ3) is 3.35. The van der Waals surface area contributed by atoms with E-state index in [2.05, 4.69) is 15.3 Å². The van der Waals surface area contributed by atoms with Crippen LogP contribution in [0.3, 0.4) is 0 Å². The van der Waals surface area contributed by atoms with E-state index in [0.29, 0.717) is 0 Å². The van der Waals surface area contributed by atoms with Gasteiger partial charge in [-0.25, -0.2) is 9.97 Å². The van der Waals surface area contributed by atoms with Crippen molar-refractivity contribution in [1.82, 2.24) is 15.3 Å². The quantitative estimate of drug-likeness (QED) is 0.519. The van der Waals surface area contributed by atoms with Crippen molar-refractivity contribution in [2.75, 3.05) is 0 Å². The van der Waals surface area contributed by atoms with Crippen molar-refractivity contribution in [2.45, 2.75) is 49.4 Å². The Kier molecular flexibility index (Phi) is 4.96. The standard InChI is InChI=1S/C20H21N3OS2/c1-12(14-7-4-3-5-8-14)23-18(24)13(2)25-19-17-15-9-6-10-16(15)26-20(17)22-11-21-19/h3-5,7-8,11-13H,6,9-10H2,1-2H3,(H,23,24). The number of rotatable bonds is 5. The number of hydrogen-bond acceptors (Lipinski definition) is 5. The van der Waals surface area contributed by atoms with E-state index in [0.717, 1.165) is 28.3 Å². The minimum absolute atomic E-state index is 0.0115. The second-order valence-electron chi connectivity index (χ2n) is 6.62. The Balaban J connectivity index is 1.50. The summed E-state index contributed by atoms with van der Waals surface area (Å²) in [5.41, 5.74) is 2.51. The molecule has 1 aliphatic rings. The van der Waals surface area contributed by atoms with Gasteiger partial charge in [0.05, 0.1) is 11.3 Å². The monoisotopic (exact) mass is 383 g/mol. The topological polar surface area (TPSA) is 54.9 Å². The lowest BCUT2D eigenvalue weighted by Gasteiger charge is -2.17. The maximum absolute atomic E-state index is 12.7. The molecule has 134 valence electrons. The highest BCUT2D eigenvalue weighted by molar-refractivity contribution is 8.00. The van der Waals surface area contributed by atoms with Crippen molar-refractivity contribution in [3.05, 3.63) is 52.7 Å². The van der Waals surface area contributed by atoms with Gasteiger partial charge in [0, 0.05) is 10.3 Å². The molecule has 0 aliphatic heterocycles. The van der Waals surface area contributed by atoms with Gasteiger partial charge in [-0.15, -0.1) is 11.3 Å². The van der Waals surface area contributed by atoms with E-state index in [1.807, 2.05) is 44.2 Å². The Labute approximate surface area is 161 Å². The summed E-state index contributed by atoms with van der Waals surface area (Å²) in [7, 11) is 0. The van der Waals surface area contributed by atoms with Gasteiger partial charge in [0.15, 0.2) is 0 Å². The number of benzene rings is 1. The molecule has 0 spiro atoms. The molecule has 0 bridgehead atoms. The average Bonchev–Trinajstić information content (AvgIpc) is 3.23. The molecule has 3 aromatic rings. The lowest BCUT2D eigenvalue weighted by Crippen LogP contribution is -2.33. The molecule has 2 atom stereocenters. The van der Waals surface area contributed by atoms with E-state index in [9.17, 15) is 4.79 Å². The number of carbonyl (C=O) groups is 1. The SMILES string of the molecule is CC(Sc1ncnc2sc3c(c12)CCC3)C(=O)NC(C)c1ccccc1. The minimum atomic E-state index is -0.212. The molecular weight excluding hydrogens is 362 g/mol. The molecule has 1 amide bonds. The Morgan fingerprint density at radius 2 is 2.00 bits per heavy atom. The van der Waals surface area contributed by atoms with Crippen LogP contribution in [-0.2, 0) is 17.6 Å². The Hall–Kier alpha value is -1.92. The van der Waals surface area contributed by atoms with Crippen LogP contribution in [0.4, 0.5) is 0 Å². The fourth-order valence-electron chi connectivity index (χ4n) is 3.37. The fourth-order valence-corrected chi connectivity index (χ4v) is 5.61. The van der Waals surface area contributed by atoms with E-state index < -0.39 is 0 Å². The first-order valence-corrected chi connectivity index (χ1v) is 10.6. The summed E-state index contributed by atoms with van der Waals surface area (Å²) in [5.74, 6) is 0.0324. The van der Waals surface area contributed by atoms with Gasteiger partial charge in [0.25, 0.3) is 0 Å². The van der Waals surface area contributed by atoms with Crippen molar-refractivity contribution in [3.8, 4) is 0 Å². The van der Waals surface area contributed by atoms with Gasteiger partial charge in [0.2, 0.25) is 5.91 Å². The third-order valence-corrected chi connectivity index (χ3v) is 7.08. The number of thiophene rings is 1. The summed E-state index contributed by atoms with van der Waals surface area (Å²) in [6, 6.07) is 10.0. The summed E-state index contributed by atoms with van der Waals surface area (Å²) >= 11 is 3.31. The summed E-state index contributed by atoms with van der Waals surface area (Å²) in [4.78, 5) is 24.1. The normalized spacial score (nSPS) is 15.6. The average molecular weight is 384 g/mol. The highest BCUT2D eigenvalue weighted by atomic mass is 32.2. The molecule has 4 rings (SSSR count). The number of carbonyl (C=O) groups excluding carboxylic acids is 1. The van der Waals surface area contributed by atoms with Gasteiger partial charge in [-0.3, -0.25) is 4.79 Å². The van der Waals surface area contributed by atoms with E-state index in [4.69, 9.17) is 0 Å². The Morgan fingerprint density at radius 3 is 2.81 bits per heavy atom. The van der Waals surface area contributed by atoms with Crippen molar-refractivity contribution in [3.63, 3.8) is 0 Å². The molecule has 2 heterocycles. The van der Waals surface area contributed by atoms with Gasteiger partial charge in [0.1, 0.15) is 16.2 Å². The molecule has 4 nitrogen and oxygen atoms in total. The molecule has 1 aromatic carbocycles. The first-order valence-electron chi connectivity index (χ1n) is 8.90. The zero-order chi connectivity index (χ0) is 18.1. The van der Waals surface area contributed by atoms with Crippen LogP contribution in [-0.4, -0.2) is 21.1 Å². The number of nitrogens with one attached hydrogen (secondary N) is 1. The Morgan fingerprint density at radius 1 is 1.19 bits per heavy atom. The summed E-state index contributed by atoms with van der Waals surface area (Å²) in [6.45, 7) is 3.96. The van der Waals surface area contributed by atoms with E-state index in [-0.39, 0.29) is 17.2 Å². The minimum Gasteiger partial charge on any atom is -0.349 e. The van der Waals surface area contributed by atoms with Crippen LogP contribution < -0.4 is 5.32 Å². The number of nitrogens with zero attached hydrogens (tertiary/aromatic N) is 2. The lowest BCUT2D eigenvalue weighted by molar-refractivity contribution is -0.120. The highest BCUT2D eigenvalue weighted by Crippen LogP contribution is 2.40. The third-order valence-electron chi connectivity index (χ3n) is 4.78. The first kappa shape index (κ1) is 17.5. The molecule has 0 fully saturated rings. The fraction of sp³-hybridized carbons (Fsp3) is 0.350. The Bertz CT molecular complexity index is 939. The van der Waals surface area contributed by atoms with Crippen LogP contribution in [0, 0.1) is 0 Å². The van der Waals surface area contributed by atoms with Gasteiger partial charge in [-0.2, -0.15) is 0 Å². The second kappa shape index (κ2) is 7.37. The number of aromatic nitrogens is 2. The molecule has 2 unspecified atom stereocenters. The molecule has 1 aliphatic carbocycles. The summed E-state index contributed by atoms with van der Waals surface area (Å²) in [6.07, 6.45) is 5.07. The van der Waals surface area contributed by atoms with Crippen LogP contribution in [0.25, 0.3) is 10.2 Å². The predicted molar refractivity (Wildman–Crippen MR) is 108 cm³/mol. The zero-order valence-corrected chi connectivity index (χ0v) is 16.5. The maximum Gasteiger partial charge on any atom is 0.233 e. The zero-order valence-electron chi connectivity index (χ0n) is 14.9. The van der Waals surface area contributed by atoms with E-state index in [1.54, 1.807) is 17.7 Å². The van der Waals surface area contributed by atoms with Crippen molar-refractivity contribution in [2.24, 2.45) is 0 Å². The number of thioether (sulfide) groups is 1. The molecular formula is C20H21N3OS2. The van der Waals surface area contributed by atoms with Crippen LogP contribution >= 0.6 is 23.1 Å². The molecule has 6 heteroatoms. The molecule has 1 N–H and O–H groups in total. The highest BCUT2D eigenvalue weighted by Gasteiger charge is 2.24. The van der Waals surface area contributed by atoms with Crippen molar-refractivity contribution in [1.29, 1.82) is 0 Å². The molecule has 0 saturated carbocycles. The van der Waals surface area contributed by atoms with Gasteiger partial charge in [-0.05, 0) is 44.2 Å². The van der Waals surface area contributed by atoms with Crippen LogP contribution in [0.1, 0.15) is 42.3 Å². The van der Waals surface area contributed by atoms with Crippen LogP contribution in [0.2, 0.25) is 0 Å². The summed E-state index contributed by atoms with van der Waals surface area (Å²) in [5, 5.41) is 5.00. The number of fused-ring (bicyclic) bond motifs is 3. The van der Waals surface area contributed by atoms with E-state index in [1.165, 1.54) is 34.0 Å². The number of aryl methyl sites for hydroxylation is 2. The number of hydrogen-bond donors (Lipinski definition) is 1. The van der Waals surface area contributed by atoms with E-state index >= 15 is 0 Å².